The van der Waals surface area contributed by atoms with Gasteiger partial charge in [0.05, 0.1) is 6.61 Å². The van der Waals surface area contributed by atoms with Crippen LogP contribution in [0.1, 0.15) is 34.1 Å². The summed E-state index contributed by atoms with van der Waals surface area (Å²) in [6.45, 7) is 3.30. The molecule has 0 aliphatic rings. The van der Waals surface area contributed by atoms with Crippen molar-refractivity contribution in [2.45, 2.75) is 13.3 Å². The lowest BCUT2D eigenvalue weighted by Gasteiger charge is -2.08. The highest BCUT2D eigenvalue weighted by atomic mass is 79.9. The van der Waals surface area contributed by atoms with E-state index in [0.29, 0.717) is 43.1 Å². The smallest absolute Gasteiger partial charge is 0.251 e. The number of hydrogen-bond donors (Lipinski definition) is 2. The zero-order valence-corrected chi connectivity index (χ0v) is 15.5. The first-order chi connectivity index (χ1) is 12.1. The van der Waals surface area contributed by atoms with Crippen molar-refractivity contribution in [3.05, 3.63) is 58.2 Å². The summed E-state index contributed by atoms with van der Waals surface area (Å²) in [5, 5.41) is 5.63. The monoisotopic (exact) mass is 405 g/mol. The van der Waals surface area contributed by atoms with Gasteiger partial charge in [0, 0.05) is 41.0 Å². The third-order valence-electron chi connectivity index (χ3n) is 3.32. The summed E-state index contributed by atoms with van der Waals surface area (Å²) >= 11 is 3.33. The molecule has 0 unspecified atom stereocenters. The molecule has 0 fully saturated rings. The van der Waals surface area contributed by atoms with E-state index in [1.807, 2.05) is 19.1 Å². The Kier molecular flexibility index (Phi) is 7.40. The Hall–Kier alpha value is -2.41. The molecular weight excluding hydrogens is 386 g/mol. The van der Waals surface area contributed by atoms with Gasteiger partial charge in [-0.2, -0.15) is 0 Å². The topological polar surface area (TPSA) is 80.3 Å². The molecule has 2 N–H and O–H groups in total. The van der Waals surface area contributed by atoms with Crippen molar-refractivity contribution < 1.29 is 14.3 Å². The van der Waals surface area contributed by atoms with Gasteiger partial charge >= 0.3 is 0 Å². The Bertz CT molecular complexity index is 720. The number of aromatic nitrogens is 1. The van der Waals surface area contributed by atoms with Crippen molar-refractivity contribution in [1.29, 1.82) is 0 Å². The quantitative estimate of drug-likeness (QED) is 0.661. The van der Waals surface area contributed by atoms with Gasteiger partial charge in [-0.05, 0) is 43.7 Å². The number of rotatable bonds is 8. The standard InChI is InChI=1S/C18H20BrN3O3/c1-2-25-16-12-14(8-11-20-16)18(24)22-10-3-9-21-17(23)13-4-6-15(19)7-5-13/h4-8,11-12H,2-3,9-10H2,1H3,(H,21,23)(H,22,24). The van der Waals surface area contributed by atoms with Crippen LogP contribution in [0.3, 0.4) is 0 Å². The minimum atomic E-state index is -0.192. The summed E-state index contributed by atoms with van der Waals surface area (Å²) in [7, 11) is 0. The number of nitrogens with one attached hydrogen (secondary N) is 2. The molecule has 0 aliphatic heterocycles. The van der Waals surface area contributed by atoms with Gasteiger partial charge < -0.3 is 15.4 Å². The Morgan fingerprint density at radius 3 is 2.32 bits per heavy atom. The molecule has 0 radical (unpaired) electrons. The maximum absolute atomic E-state index is 12.1. The molecule has 0 atom stereocenters. The maximum Gasteiger partial charge on any atom is 0.251 e. The molecule has 0 spiro atoms. The summed E-state index contributed by atoms with van der Waals surface area (Å²) in [5.41, 5.74) is 1.10. The van der Waals surface area contributed by atoms with Crippen molar-refractivity contribution >= 4 is 27.7 Å². The molecule has 1 aromatic carbocycles. The first-order valence-corrected chi connectivity index (χ1v) is 8.80. The first-order valence-electron chi connectivity index (χ1n) is 8.01. The summed E-state index contributed by atoms with van der Waals surface area (Å²) in [5.74, 6) is 0.105. The average Bonchev–Trinajstić information content (AvgIpc) is 2.62. The highest BCUT2D eigenvalue weighted by Crippen LogP contribution is 2.10. The van der Waals surface area contributed by atoms with Gasteiger partial charge in [-0.15, -0.1) is 0 Å². The molecular formula is C18H20BrN3O3. The largest absolute Gasteiger partial charge is 0.478 e. The number of ether oxygens (including phenoxy) is 1. The van der Waals surface area contributed by atoms with Crippen LogP contribution in [0.2, 0.25) is 0 Å². The number of halogens is 1. The maximum atomic E-state index is 12.1. The lowest BCUT2D eigenvalue weighted by molar-refractivity contribution is 0.0951. The van der Waals surface area contributed by atoms with Crippen LogP contribution in [0, 0.1) is 0 Å². The van der Waals surface area contributed by atoms with E-state index in [-0.39, 0.29) is 11.8 Å². The molecule has 2 amide bonds. The molecule has 2 rings (SSSR count). The van der Waals surface area contributed by atoms with E-state index in [0.717, 1.165) is 4.47 Å². The number of amides is 2. The number of benzene rings is 1. The van der Waals surface area contributed by atoms with Crippen LogP contribution in [0.5, 0.6) is 5.88 Å². The highest BCUT2D eigenvalue weighted by molar-refractivity contribution is 9.10. The van der Waals surface area contributed by atoms with Gasteiger partial charge in [0.25, 0.3) is 11.8 Å². The summed E-state index contributed by atoms with van der Waals surface area (Å²) in [6, 6.07) is 10.4. The van der Waals surface area contributed by atoms with Crippen LogP contribution >= 0.6 is 15.9 Å². The third-order valence-corrected chi connectivity index (χ3v) is 3.85. The van der Waals surface area contributed by atoms with Crippen LogP contribution in [0.25, 0.3) is 0 Å². The molecule has 0 aliphatic carbocycles. The van der Waals surface area contributed by atoms with Crippen LogP contribution < -0.4 is 15.4 Å². The van der Waals surface area contributed by atoms with E-state index >= 15 is 0 Å². The Labute approximate surface area is 155 Å². The van der Waals surface area contributed by atoms with Crippen LogP contribution in [-0.2, 0) is 0 Å². The SMILES string of the molecule is CCOc1cc(C(=O)NCCCNC(=O)c2ccc(Br)cc2)ccn1. The second kappa shape index (κ2) is 9.78. The number of carbonyl (C=O) groups excluding carboxylic acids is 2. The zero-order chi connectivity index (χ0) is 18.1. The van der Waals surface area contributed by atoms with Crippen molar-refractivity contribution in [2.24, 2.45) is 0 Å². The lowest BCUT2D eigenvalue weighted by atomic mass is 10.2. The number of hydrogen-bond acceptors (Lipinski definition) is 4. The van der Waals surface area contributed by atoms with Gasteiger partial charge in [0.15, 0.2) is 0 Å². The van der Waals surface area contributed by atoms with E-state index in [9.17, 15) is 9.59 Å². The molecule has 1 aromatic heterocycles. The zero-order valence-electron chi connectivity index (χ0n) is 13.9. The molecule has 132 valence electrons. The van der Waals surface area contributed by atoms with Gasteiger partial charge in [-0.1, -0.05) is 15.9 Å². The summed E-state index contributed by atoms with van der Waals surface area (Å²) in [4.78, 5) is 28.0. The van der Waals surface area contributed by atoms with Crippen LogP contribution in [0.4, 0.5) is 0 Å². The number of carbonyl (C=O) groups is 2. The molecule has 0 saturated carbocycles. The molecule has 25 heavy (non-hydrogen) atoms. The Balaban J connectivity index is 1.70. The van der Waals surface area contributed by atoms with Crippen molar-refractivity contribution in [1.82, 2.24) is 15.6 Å². The van der Waals surface area contributed by atoms with Crippen molar-refractivity contribution in [2.75, 3.05) is 19.7 Å². The number of nitrogens with zero attached hydrogens (tertiary/aromatic N) is 1. The Morgan fingerprint density at radius 2 is 1.68 bits per heavy atom. The van der Waals surface area contributed by atoms with Gasteiger partial charge in [0.2, 0.25) is 5.88 Å². The van der Waals surface area contributed by atoms with Gasteiger partial charge in [0.1, 0.15) is 0 Å². The Morgan fingerprint density at radius 1 is 1.04 bits per heavy atom. The average molecular weight is 406 g/mol. The van der Waals surface area contributed by atoms with Crippen molar-refractivity contribution in [3.8, 4) is 5.88 Å². The van der Waals surface area contributed by atoms with E-state index in [1.54, 1.807) is 30.5 Å². The summed E-state index contributed by atoms with van der Waals surface area (Å²) < 4.78 is 6.20. The van der Waals surface area contributed by atoms with E-state index in [4.69, 9.17) is 4.74 Å². The van der Waals surface area contributed by atoms with Crippen LogP contribution in [0.15, 0.2) is 47.1 Å². The molecule has 1 heterocycles. The molecule has 0 bridgehead atoms. The van der Waals surface area contributed by atoms with Crippen molar-refractivity contribution in [3.63, 3.8) is 0 Å². The van der Waals surface area contributed by atoms with E-state index < -0.39 is 0 Å². The van der Waals surface area contributed by atoms with Gasteiger partial charge in [-0.3, -0.25) is 9.59 Å². The van der Waals surface area contributed by atoms with Crippen LogP contribution in [-0.4, -0.2) is 36.5 Å². The van der Waals surface area contributed by atoms with Gasteiger partial charge in [-0.25, -0.2) is 4.98 Å². The predicted octanol–water partition coefficient (Wildman–Crippen LogP) is 2.79. The molecule has 7 heteroatoms. The summed E-state index contributed by atoms with van der Waals surface area (Å²) in [6.07, 6.45) is 2.18. The fraction of sp³-hybridized carbons (Fsp3) is 0.278. The number of pyridine rings is 1. The van der Waals surface area contributed by atoms with E-state index in [1.165, 1.54) is 0 Å². The third kappa shape index (κ3) is 6.19. The first kappa shape index (κ1) is 18.9. The minimum absolute atomic E-state index is 0.130. The molecule has 0 saturated heterocycles. The lowest BCUT2D eigenvalue weighted by Crippen LogP contribution is -2.29. The second-order valence-electron chi connectivity index (χ2n) is 5.19. The van der Waals surface area contributed by atoms with E-state index in [2.05, 4.69) is 31.5 Å². The normalized spacial score (nSPS) is 10.2. The second-order valence-corrected chi connectivity index (χ2v) is 6.10. The fourth-order valence-corrected chi connectivity index (χ4v) is 2.34. The molecule has 2 aromatic rings. The molecule has 6 nitrogen and oxygen atoms in total. The highest BCUT2D eigenvalue weighted by Gasteiger charge is 2.07. The predicted molar refractivity (Wildman–Crippen MR) is 98.8 cm³/mol. The minimum Gasteiger partial charge on any atom is -0.478 e. The fourth-order valence-electron chi connectivity index (χ4n) is 2.08.